The third kappa shape index (κ3) is 4.75. The van der Waals surface area contributed by atoms with E-state index < -0.39 is 11.9 Å². The molecule has 7 nitrogen and oxygen atoms in total. The molecule has 0 saturated carbocycles. The highest BCUT2D eigenvalue weighted by Gasteiger charge is 2.12. The number of carbonyl (C=O) groups excluding carboxylic acids is 1. The minimum Gasteiger partial charge on any atom is -0.494 e. The molecular weight excluding hydrogens is 382 g/mol. The average molecular weight is 401 g/mol. The molecule has 30 heavy (non-hydrogen) atoms. The zero-order valence-electron chi connectivity index (χ0n) is 16.2. The van der Waals surface area contributed by atoms with Crippen molar-refractivity contribution in [2.24, 2.45) is 0 Å². The minimum absolute atomic E-state index is 0.0850. The number of hydrogen-bond acceptors (Lipinski definition) is 4. The van der Waals surface area contributed by atoms with Gasteiger partial charge in [-0.15, -0.1) is 0 Å². The van der Waals surface area contributed by atoms with Gasteiger partial charge in [-0.2, -0.15) is 5.26 Å². The Labute approximate surface area is 173 Å². The lowest BCUT2D eigenvalue weighted by molar-refractivity contribution is -0.112. The van der Waals surface area contributed by atoms with E-state index in [9.17, 15) is 20.0 Å². The Balaban J connectivity index is 1.84. The Kier molecular flexibility index (Phi) is 6.30. The number of benzene rings is 2. The van der Waals surface area contributed by atoms with Gasteiger partial charge in [0.25, 0.3) is 5.91 Å². The van der Waals surface area contributed by atoms with Crippen LogP contribution in [0.4, 0.5) is 5.69 Å². The highest BCUT2D eigenvalue weighted by molar-refractivity contribution is 6.09. The maximum absolute atomic E-state index is 12.6. The molecule has 0 aliphatic rings. The summed E-state index contributed by atoms with van der Waals surface area (Å²) in [5.74, 6) is -0.893. The molecule has 0 aliphatic heterocycles. The molecule has 0 unspecified atom stereocenters. The van der Waals surface area contributed by atoms with E-state index in [2.05, 4.69) is 5.32 Å². The van der Waals surface area contributed by atoms with E-state index in [-0.39, 0.29) is 11.1 Å². The summed E-state index contributed by atoms with van der Waals surface area (Å²) in [6, 6.07) is 18.6. The summed E-state index contributed by atoms with van der Waals surface area (Å²) >= 11 is 0. The third-order valence-corrected chi connectivity index (χ3v) is 4.23. The van der Waals surface area contributed by atoms with Crippen molar-refractivity contribution in [1.29, 1.82) is 5.26 Å². The summed E-state index contributed by atoms with van der Waals surface area (Å²) in [5.41, 5.74) is 1.77. The Morgan fingerprint density at radius 3 is 2.60 bits per heavy atom. The standard InChI is InChI=1S/C23H19N3O4/c1-2-30-21-10-8-18(9-11-21)25-22(27)17(15-24)14-20-7-4-12-26(20)19-6-3-5-16(13-19)23(28)29/h3-14H,2H2,1H3,(H,25,27)(H,28,29)/b17-14-. The summed E-state index contributed by atoms with van der Waals surface area (Å²) in [4.78, 5) is 23.8. The zero-order chi connectivity index (χ0) is 21.5. The molecule has 3 aromatic rings. The van der Waals surface area contributed by atoms with Crippen molar-refractivity contribution in [3.05, 3.63) is 83.7 Å². The number of nitriles is 1. The SMILES string of the molecule is CCOc1ccc(NC(=O)/C(C#N)=C\c2cccn2-c2cccc(C(=O)O)c2)cc1. The van der Waals surface area contributed by atoms with Crippen LogP contribution in [0.15, 0.2) is 72.4 Å². The fourth-order valence-corrected chi connectivity index (χ4v) is 2.83. The van der Waals surface area contributed by atoms with E-state index in [1.54, 1.807) is 59.3 Å². The molecule has 2 aromatic carbocycles. The van der Waals surface area contributed by atoms with Crippen molar-refractivity contribution in [1.82, 2.24) is 4.57 Å². The van der Waals surface area contributed by atoms with Crippen LogP contribution < -0.4 is 10.1 Å². The number of amides is 1. The van der Waals surface area contributed by atoms with Gasteiger partial charge in [-0.1, -0.05) is 6.07 Å². The van der Waals surface area contributed by atoms with Crippen LogP contribution >= 0.6 is 0 Å². The molecule has 0 atom stereocenters. The number of hydrogen-bond donors (Lipinski definition) is 2. The summed E-state index contributed by atoms with van der Waals surface area (Å²) in [5, 5.41) is 21.4. The zero-order valence-corrected chi connectivity index (χ0v) is 16.2. The molecule has 0 aliphatic carbocycles. The summed E-state index contributed by atoms with van der Waals surface area (Å²) in [7, 11) is 0. The lowest BCUT2D eigenvalue weighted by Gasteiger charge is -2.09. The normalized spacial score (nSPS) is 10.9. The topological polar surface area (TPSA) is 104 Å². The van der Waals surface area contributed by atoms with Gasteiger partial charge in [-0.05, 0) is 67.6 Å². The third-order valence-electron chi connectivity index (χ3n) is 4.23. The van der Waals surface area contributed by atoms with Crippen LogP contribution in [0, 0.1) is 11.3 Å². The van der Waals surface area contributed by atoms with Gasteiger partial charge in [-0.25, -0.2) is 4.79 Å². The van der Waals surface area contributed by atoms with Gasteiger partial charge in [0.15, 0.2) is 0 Å². The van der Waals surface area contributed by atoms with E-state index in [1.165, 1.54) is 18.2 Å². The molecule has 150 valence electrons. The first-order chi connectivity index (χ1) is 14.5. The molecule has 1 aromatic heterocycles. The Hall–Kier alpha value is -4.31. The summed E-state index contributed by atoms with van der Waals surface area (Å²) < 4.78 is 7.07. The highest BCUT2D eigenvalue weighted by atomic mass is 16.5. The predicted molar refractivity (Wildman–Crippen MR) is 113 cm³/mol. The number of rotatable bonds is 7. The first-order valence-electron chi connectivity index (χ1n) is 9.19. The lowest BCUT2D eigenvalue weighted by Crippen LogP contribution is -2.13. The number of nitrogens with one attached hydrogen (secondary N) is 1. The lowest BCUT2D eigenvalue weighted by atomic mass is 10.2. The van der Waals surface area contributed by atoms with Crippen LogP contribution in [0.2, 0.25) is 0 Å². The maximum Gasteiger partial charge on any atom is 0.335 e. The van der Waals surface area contributed by atoms with Gasteiger partial charge in [0, 0.05) is 23.3 Å². The monoisotopic (exact) mass is 401 g/mol. The smallest absolute Gasteiger partial charge is 0.335 e. The second-order valence-electron chi connectivity index (χ2n) is 6.24. The summed E-state index contributed by atoms with van der Waals surface area (Å²) in [6.07, 6.45) is 3.18. The molecule has 0 spiro atoms. The van der Waals surface area contributed by atoms with E-state index in [0.29, 0.717) is 29.4 Å². The maximum atomic E-state index is 12.6. The number of aromatic nitrogens is 1. The number of carboxylic acid groups (broad SMARTS) is 1. The van der Waals surface area contributed by atoms with Crippen LogP contribution in [-0.4, -0.2) is 28.2 Å². The number of anilines is 1. The van der Waals surface area contributed by atoms with Crippen LogP contribution in [0.25, 0.3) is 11.8 Å². The van der Waals surface area contributed by atoms with Crippen molar-refractivity contribution in [3.8, 4) is 17.5 Å². The number of carboxylic acids is 1. The number of carbonyl (C=O) groups is 2. The van der Waals surface area contributed by atoms with Crippen molar-refractivity contribution in [3.63, 3.8) is 0 Å². The first kappa shape index (κ1) is 20.4. The molecule has 0 saturated heterocycles. The van der Waals surface area contributed by atoms with E-state index >= 15 is 0 Å². The van der Waals surface area contributed by atoms with Crippen molar-refractivity contribution >= 4 is 23.6 Å². The predicted octanol–water partition coefficient (Wildman–Crippen LogP) is 4.12. The Morgan fingerprint density at radius 1 is 1.17 bits per heavy atom. The number of aromatic carboxylic acids is 1. The van der Waals surface area contributed by atoms with Crippen LogP contribution in [0.3, 0.4) is 0 Å². The molecule has 3 rings (SSSR count). The van der Waals surface area contributed by atoms with Crippen LogP contribution in [0.5, 0.6) is 5.75 Å². The van der Waals surface area contributed by atoms with Gasteiger partial charge >= 0.3 is 5.97 Å². The Bertz CT molecular complexity index is 1140. The highest BCUT2D eigenvalue weighted by Crippen LogP contribution is 2.19. The quantitative estimate of drug-likeness (QED) is 0.458. The van der Waals surface area contributed by atoms with Gasteiger partial charge in [0.2, 0.25) is 0 Å². The molecule has 0 bridgehead atoms. The molecule has 0 fully saturated rings. The average Bonchev–Trinajstić information content (AvgIpc) is 3.22. The van der Waals surface area contributed by atoms with Gasteiger partial charge in [-0.3, -0.25) is 4.79 Å². The van der Waals surface area contributed by atoms with Gasteiger partial charge in [0.1, 0.15) is 17.4 Å². The molecule has 2 N–H and O–H groups in total. The van der Waals surface area contributed by atoms with Crippen LogP contribution in [0.1, 0.15) is 23.0 Å². The second kappa shape index (κ2) is 9.26. The van der Waals surface area contributed by atoms with Crippen molar-refractivity contribution in [2.45, 2.75) is 6.92 Å². The van der Waals surface area contributed by atoms with Crippen LogP contribution in [-0.2, 0) is 4.79 Å². The first-order valence-corrected chi connectivity index (χ1v) is 9.19. The number of nitrogens with zero attached hydrogens (tertiary/aromatic N) is 2. The minimum atomic E-state index is -1.03. The molecule has 1 amide bonds. The Morgan fingerprint density at radius 2 is 1.93 bits per heavy atom. The summed E-state index contributed by atoms with van der Waals surface area (Å²) in [6.45, 7) is 2.43. The van der Waals surface area contributed by atoms with E-state index in [0.717, 1.165) is 0 Å². The largest absolute Gasteiger partial charge is 0.494 e. The molecule has 1 heterocycles. The fraction of sp³-hybridized carbons (Fsp3) is 0.0870. The molecule has 0 radical (unpaired) electrons. The molecular formula is C23H19N3O4. The van der Waals surface area contributed by atoms with Gasteiger partial charge in [0.05, 0.1) is 12.2 Å². The van der Waals surface area contributed by atoms with E-state index in [4.69, 9.17) is 4.74 Å². The van der Waals surface area contributed by atoms with Gasteiger partial charge < -0.3 is 19.7 Å². The molecule has 7 heteroatoms. The fourth-order valence-electron chi connectivity index (χ4n) is 2.83. The van der Waals surface area contributed by atoms with Crippen molar-refractivity contribution < 1.29 is 19.4 Å². The number of ether oxygens (including phenoxy) is 1. The van der Waals surface area contributed by atoms with Crippen molar-refractivity contribution in [2.75, 3.05) is 11.9 Å². The second-order valence-corrected chi connectivity index (χ2v) is 6.24. The van der Waals surface area contributed by atoms with E-state index in [1.807, 2.05) is 13.0 Å².